The normalized spacial score (nSPS) is 14.1. The van der Waals surface area contributed by atoms with Gasteiger partial charge >= 0.3 is 0 Å². The number of hydrogen-bond acceptors (Lipinski definition) is 2. The van der Waals surface area contributed by atoms with E-state index in [-0.39, 0.29) is 17.9 Å². The largest absolute Gasteiger partial charge is 0.490 e. The van der Waals surface area contributed by atoms with E-state index in [2.05, 4.69) is 0 Å². The number of amides is 1. The molecular formula is C13H19NO2. The molecule has 0 aromatic heterocycles. The van der Waals surface area contributed by atoms with Gasteiger partial charge in [-0.1, -0.05) is 32.0 Å². The zero-order chi connectivity index (χ0) is 12.0. The Morgan fingerprint density at radius 2 is 1.88 bits per heavy atom. The standard InChI is InChI=1S/C13H19NO2/c1-3-11(13(14)15)12(4-2)16-10-8-6-5-7-9-10/h5-9,11-12H,3-4H2,1-2H3,(H2,14,15)/t11-,12-/m1/s1. The fraction of sp³-hybridized carbons (Fsp3) is 0.462. The zero-order valence-electron chi connectivity index (χ0n) is 9.85. The number of para-hydroxylation sites is 1. The molecule has 3 nitrogen and oxygen atoms in total. The van der Waals surface area contributed by atoms with E-state index >= 15 is 0 Å². The van der Waals surface area contributed by atoms with Gasteiger partial charge in [-0.25, -0.2) is 0 Å². The molecule has 0 spiro atoms. The molecule has 0 aliphatic heterocycles. The van der Waals surface area contributed by atoms with E-state index in [1.807, 2.05) is 44.2 Å². The SMILES string of the molecule is CC[C@@H](Oc1ccccc1)[C@@H](CC)C(N)=O. The first-order chi connectivity index (χ1) is 7.69. The van der Waals surface area contributed by atoms with Crippen molar-refractivity contribution in [1.29, 1.82) is 0 Å². The third-order valence-electron chi connectivity index (χ3n) is 2.69. The number of hydrogen-bond donors (Lipinski definition) is 1. The van der Waals surface area contributed by atoms with Crippen molar-refractivity contribution in [3.05, 3.63) is 30.3 Å². The molecule has 0 unspecified atom stereocenters. The Hall–Kier alpha value is -1.51. The first-order valence-corrected chi connectivity index (χ1v) is 5.70. The first-order valence-electron chi connectivity index (χ1n) is 5.70. The third kappa shape index (κ3) is 3.26. The maximum Gasteiger partial charge on any atom is 0.224 e. The highest BCUT2D eigenvalue weighted by Gasteiger charge is 2.24. The lowest BCUT2D eigenvalue weighted by Gasteiger charge is -2.23. The van der Waals surface area contributed by atoms with Crippen LogP contribution in [0.5, 0.6) is 5.75 Å². The average Bonchev–Trinajstić information content (AvgIpc) is 2.29. The van der Waals surface area contributed by atoms with Gasteiger partial charge in [-0.15, -0.1) is 0 Å². The Kier molecular flexibility index (Phi) is 4.83. The molecule has 3 heteroatoms. The Morgan fingerprint density at radius 1 is 1.25 bits per heavy atom. The van der Waals surface area contributed by atoms with E-state index in [1.54, 1.807) is 0 Å². The summed E-state index contributed by atoms with van der Waals surface area (Å²) < 4.78 is 5.78. The molecule has 1 rings (SSSR count). The average molecular weight is 221 g/mol. The van der Waals surface area contributed by atoms with Crippen LogP contribution in [0.1, 0.15) is 26.7 Å². The fourth-order valence-corrected chi connectivity index (χ4v) is 1.77. The summed E-state index contributed by atoms with van der Waals surface area (Å²) in [5.74, 6) is 0.282. The molecule has 16 heavy (non-hydrogen) atoms. The molecule has 1 aromatic carbocycles. The monoisotopic (exact) mass is 221 g/mol. The molecule has 0 fully saturated rings. The van der Waals surface area contributed by atoms with Gasteiger partial charge in [0.25, 0.3) is 0 Å². The summed E-state index contributed by atoms with van der Waals surface area (Å²) in [5.41, 5.74) is 5.36. The molecule has 1 amide bonds. The van der Waals surface area contributed by atoms with Crippen molar-refractivity contribution in [1.82, 2.24) is 0 Å². The maximum atomic E-state index is 11.3. The molecule has 0 aliphatic carbocycles. The van der Waals surface area contributed by atoms with E-state index in [4.69, 9.17) is 10.5 Å². The first kappa shape index (κ1) is 12.6. The number of primary amides is 1. The van der Waals surface area contributed by atoms with Gasteiger partial charge in [0.15, 0.2) is 0 Å². The van der Waals surface area contributed by atoms with Crippen molar-refractivity contribution < 1.29 is 9.53 Å². The van der Waals surface area contributed by atoms with Gasteiger partial charge in [0.05, 0.1) is 5.92 Å². The molecule has 0 bridgehead atoms. The molecule has 0 radical (unpaired) electrons. The second-order valence-corrected chi connectivity index (χ2v) is 3.79. The minimum atomic E-state index is -0.287. The van der Waals surface area contributed by atoms with Crippen molar-refractivity contribution in [2.45, 2.75) is 32.8 Å². The molecule has 0 aliphatic rings. The Labute approximate surface area is 96.6 Å². The minimum Gasteiger partial charge on any atom is -0.490 e. The number of ether oxygens (including phenoxy) is 1. The van der Waals surface area contributed by atoms with E-state index in [9.17, 15) is 4.79 Å². The second-order valence-electron chi connectivity index (χ2n) is 3.79. The second kappa shape index (κ2) is 6.16. The molecule has 1 aromatic rings. The van der Waals surface area contributed by atoms with Crippen molar-refractivity contribution in [2.24, 2.45) is 11.7 Å². The van der Waals surface area contributed by atoms with Crippen LogP contribution in [-0.4, -0.2) is 12.0 Å². The Morgan fingerprint density at radius 3 is 2.31 bits per heavy atom. The molecule has 0 saturated carbocycles. The van der Waals surface area contributed by atoms with Crippen molar-refractivity contribution in [3.63, 3.8) is 0 Å². The Bertz CT molecular complexity index is 324. The van der Waals surface area contributed by atoms with Gasteiger partial charge in [-0.3, -0.25) is 4.79 Å². The third-order valence-corrected chi connectivity index (χ3v) is 2.69. The predicted octanol–water partition coefficient (Wildman–Crippen LogP) is 2.36. The topological polar surface area (TPSA) is 52.3 Å². The number of carbonyl (C=O) groups is 1. The molecule has 2 N–H and O–H groups in total. The summed E-state index contributed by atoms with van der Waals surface area (Å²) in [4.78, 5) is 11.3. The lowest BCUT2D eigenvalue weighted by Crippen LogP contribution is -2.36. The van der Waals surface area contributed by atoms with Crippen LogP contribution in [0.4, 0.5) is 0 Å². The van der Waals surface area contributed by atoms with E-state index in [0.29, 0.717) is 6.42 Å². The fourth-order valence-electron chi connectivity index (χ4n) is 1.77. The summed E-state index contributed by atoms with van der Waals surface area (Å²) >= 11 is 0. The number of benzene rings is 1. The lowest BCUT2D eigenvalue weighted by atomic mass is 9.96. The summed E-state index contributed by atoms with van der Waals surface area (Å²) in [6.45, 7) is 3.95. The van der Waals surface area contributed by atoms with Crippen LogP contribution < -0.4 is 10.5 Å². The smallest absolute Gasteiger partial charge is 0.224 e. The molecular weight excluding hydrogens is 202 g/mol. The predicted molar refractivity (Wildman–Crippen MR) is 64.1 cm³/mol. The number of rotatable bonds is 6. The van der Waals surface area contributed by atoms with Crippen LogP contribution >= 0.6 is 0 Å². The van der Waals surface area contributed by atoms with Crippen LogP contribution in [-0.2, 0) is 4.79 Å². The highest BCUT2D eigenvalue weighted by Crippen LogP contribution is 2.19. The Balaban J connectivity index is 2.71. The zero-order valence-corrected chi connectivity index (χ0v) is 9.85. The van der Waals surface area contributed by atoms with Gasteiger partial charge in [0.1, 0.15) is 11.9 Å². The van der Waals surface area contributed by atoms with Gasteiger partial charge in [-0.05, 0) is 25.0 Å². The lowest BCUT2D eigenvalue weighted by molar-refractivity contribution is -0.124. The summed E-state index contributed by atoms with van der Waals surface area (Å²) in [7, 11) is 0. The van der Waals surface area contributed by atoms with Gasteiger partial charge in [-0.2, -0.15) is 0 Å². The van der Waals surface area contributed by atoms with Crippen LogP contribution in [0.15, 0.2) is 30.3 Å². The van der Waals surface area contributed by atoms with Gasteiger partial charge in [0, 0.05) is 0 Å². The van der Waals surface area contributed by atoms with E-state index in [1.165, 1.54) is 0 Å². The number of carbonyl (C=O) groups excluding carboxylic acids is 1. The van der Waals surface area contributed by atoms with E-state index < -0.39 is 0 Å². The van der Waals surface area contributed by atoms with E-state index in [0.717, 1.165) is 12.2 Å². The summed E-state index contributed by atoms with van der Waals surface area (Å²) in [6.07, 6.45) is 1.35. The van der Waals surface area contributed by atoms with Crippen molar-refractivity contribution in [3.8, 4) is 5.75 Å². The van der Waals surface area contributed by atoms with Crippen molar-refractivity contribution in [2.75, 3.05) is 0 Å². The highest BCUT2D eigenvalue weighted by molar-refractivity contribution is 5.77. The van der Waals surface area contributed by atoms with Crippen molar-refractivity contribution >= 4 is 5.91 Å². The number of nitrogens with two attached hydrogens (primary N) is 1. The highest BCUT2D eigenvalue weighted by atomic mass is 16.5. The quantitative estimate of drug-likeness (QED) is 0.801. The maximum absolute atomic E-state index is 11.3. The van der Waals surface area contributed by atoms with Crippen LogP contribution in [0.25, 0.3) is 0 Å². The molecule has 88 valence electrons. The molecule has 2 atom stereocenters. The summed E-state index contributed by atoms with van der Waals surface area (Å²) in [5, 5.41) is 0. The van der Waals surface area contributed by atoms with Crippen LogP contribution in [0, 0.1) is 5.92 Å². The van der Waals surface area contributed by atoms with Gasteiger partial charge < -0.3 is 10.5 Å². The summed E-state index contributed by atoms with van der Waals surface area (Å²) in [6, 6.07) is 9.52. The minimum absolute atomic E-state index is 0.134. The van der Waals surface area contributed by atoms with Crippen LogP contribution in [0.2, 0.25) is 0 Å². The van der Waals surface area contributed by atoms with Gasteiger partial charge in [0.2, 0.25) is 5.91 Å². The van der Waals surface area contributed by atoms with Crippen LogP contribution in [0.3, 0.4) is 0 Å². The molecule has 0 heterocycles. The molecule has 0 saturated heterocycles.